The van der Waals surface area contributed by atoms with E-state index in [1.165, 1.54) is 17.9 Å². The molecule has 0 saturated carbocycles. The maximum absolute atomic E-state index is 11.9. The molecule has 0 aliphatic rings. The third-order valence-electron chi connectivity index (χ3n) is 3.68. The summed E-state index contributed by atoms with van der Waals surface area (Å²) in [6.07, 6.45) is 4.83. The first kappa shape index (κ1) is 17.1. The van der Waals surface area contributed by atoms with Crippen LogP contribution in [0.3, 0.4) is 0 Å². The zero-order valence-electron chi connectivity index (χ0n) is 14.0. The van der Waals surface area contributed by atoms with Gasteiger partial charge in [-0.25, -0.2) is 4.68 Å². The average Bonchev–Trinajstić information content (AvgIpc) is 3.09. The molecule has 25 heavy (non-hydrogen) atoms. The van der Waals surface area contributed by atoms with Crippen LogP contribution >= 0.6 is 11.6 Å². The number of hydrogen-bond donors (Lipinski definition) is 1. The predicted molar refractivity (Wildman–Crippen MR) is 93.2 cm³/mol. The van der Waals surface area contributed by atoms with Crippen molar-refractivity contribution in [1.82, 2.24) is 24.9 Å². The zero-order chi connectivity index (χ0) is 18.0. The molecule has 130 valence electrons. The molecule has 0 fully saturated rings. The highest BCUT2D eigenvalue weighted by Crippen LogP contribution is 2.28. The molecule has 8 nitrogen and oxygen atoms in total. The van der Waals surface area contributed by atoms with E-state index in [-0.39, 0.29) is 22.5 Å². The Morgan fingerprint density at radius 2 is 2.12 bits per heavy atom. The standard InChI is InChI=1S/C16H17ClN6O2/c1-9(2)13(20-11-8-19-23(3)16(24)12(11)17)15-21-14(22-25-15)10-5-4-6-18-7-10/h4-9,13,20H,1-3H3. The third-order valence-corrected chi connectivity index (χ3v) is 4.05. The highest BCUT2D eigenvalue weighted by Gasteiger charge is 2.24. The molecule has 0 aromatic carbocycles. The largest absolute Gasteiger partial charge is 0.371 e. The lowest BCUT2D eigenvalue weighted by atomic mass is 10.0. The minimum absolute atomic E-state index is 0.0650. The van der Waals surface area contributed by atoms with Gasteiger partial charge in [0.1, 0.15) is 11.1 Å². The highest BCUT2D eigenvalue weighted by molar-refractivity contribution is 6.32. The second-order valence-corrected chi connectivity index (χ2v) is 6.24. The molecule has 0 amide bonds. The van der Waals surface area contributed by atoms with Gasteiger partial charge < -0.3 is 9.84 Å². The first-order valence-corrected chi connectivity index (χ1v) is 8.07. The van der Waals surface area contributed by atoms with E-state index in [2.05, 4.69) is 25.5 Å². The number of halogens is 1. The van der Waals surface area contributed by atoms with Crippen molar-refractivity contribution in [3.8, 4) is 11.4 Å². The molecule has 3 rings (SSSR count). The molecule has 3 heterocycles. The fourth-order valence-electron chi connectivity index (χ4n) is 2.27. The van der Waals surface area contributed by atoms with Crippen LogP contribution in [-0.4, -0.2) is 24.9 Å². The lowest BCUT2D eigenvalue weighted by Crippen LogP contribution is -2.24. The first-order valence-electron chi connectivity index (χ1n) is 7.69. The molecule has 0 aliphatic heterocycles. The van der Waals surface area contributed by atoms with Crippen LogP contribution in [0.25, 0.3) is 11.4 Å². The maximum atomic E-state index is 11.9. The van der Waals surface area contributed by atoms with E-state index in [0.717, 1.165) is 5.56 Å². The van der Waals surface area contributed by atoms with Gasteiger partial charge in [-0.15, -0.1) is 0 Å². The summed E-state index contributed by atoms with van der Waals surface area (Å²) in [5.74, 6) is 0.941. The minimum atomic E-state index is -0.379. The fourth-order valence-corrected chi connectivity index (χ4v) is 2.49. The summed E-state index contributed by atoms with van der Waals surface area (Å²) >= 11 is 6.13. The van der Waals surface area contributed by atoms with Crippen LogP contribution in [0.4, 0.5) is 5.69 Å². The predicted octanol–water partition coefficient (Wildman–Crippen LogP) is 2.69. The Kier molecular flexibility index (Phi) is 4.80. The van der Waals surface area contributed by atoms with Crippen molar-refractivity contribution < 1.29 is 4.52 Å². The van der Waals surface area contributed by atoms with E-state index in [4.69, 9.17) is 16.1 Å². The summed E-state index contributed by atoms with van der Waals surface area (Å²) in [6.45, 7) is 3.99. The summed E-state index contributed by atoms with van der Waals surface area (Å²) in [6, 6.07) is 3.32. The summed E-state index contributed by atoms with van der Waals surface area (Å²) in [5, 5.41) is 11.2. The van der Waals surface area contributed by atoms with Crippen LogP contribution in [0.15, 0.2) is 40.0 Å². The van der Waals surface area contributed by atoms with Gasteiger partial charge in [-0.3, -0.25) is 9.78 Å². The number of aryl methyl sites for hydroxylation is 1. The Morgan fingerprint density at radius 3 is 2.80 bits per heavy atom. The van der Waals surface area contributed by atoms with Crippen LogP contribution < -0.4 is 10.9 Å². The minimum Gasteiger partial charge on any atom is -0.371 e. The number of rotatable bonds is 5. The number of aromatic nitrogens is 5. The fraction of sp³-hybridized carbons (Fsp3) is 0.312. The second-order valence-electron chi connectivity index (χ2n) is 5.86. The van der Waals surface area contributed by atoms with Crippen molar-refractivity contribution in [3.05, 3.63) is 52.0 Å². The van der Waals surface area contributed by atoms with Gasteiger partial charge in [0.15, 0.2) is 0 Å². The SMILES string of the molecule is CC(C)C(Nc1cnn(C)c(=O)c1Cl)c1nc(-c2cccnc2)no1. The van der Waals surface area contributed by atoms with Crippen LogP contribution in [0.5, 0.6) is 0 Å². The molecule has 3 aromatic rings. The molecule has 9 heteroatoms. The van der Waals surface area contributed by atoms with Gasteiger partial charge in [-0.1, -0.05) is 30.6 Å². The molecule has 0 bridgehead atoms. The van der Waals surface area contributed by atoms with Crippen molar-refractivity contribution in [2.45, 2.75) is 19.9 Å². The van der Waals surface area contributed by atoms with Crippen molar-refractivity contribution >= 4 is 17.3 Å². The van der Waals surface area contributed by atoms with E-state index in [9.17, 15) is 4.79 Å². The average molecular weight is 361 g/mol. The summed E-state index contributed by atoms with van der Waals surface area (Å²) in [7, 11) is 1.54. The van der Waals surface area contributed by atoms with Crippen molar-refractivity contribution in [2.75, 3.05) is 5.32 Å². The molecule has 3 aromatic heterocycles. The van der Waals surface area contributed by atoms with Gasteiger partial charge in [0.2, 0.25) is 11.7 Å². The van der Waals surface area contributed by atoms with Crippen molar-refractivity contribution in [3.63, 3.8) is 0 Å². The number of nitrogens with one attached hydrogen (secondary N) is 1. The Hall–Kier alpha value is -2.74. The van der Waals surface area contributed by atoms with Crippen LogP contribution in [0.1, 0.15) is 25.8 Å². The third kappa shape index (κ3) is 3.53. The highest BCUT2D eigenvalue weighted by atomic mass is 35.5. The zero-order valence-corrected chi connectivity index (χ0v) is 14.7. The van der Waals surface area contributed by atoms with Gasteiger partial charge in [0, 0.05) is 25.0 Å². The Bertz CT molecular complexity index is 922. The van der Waals surface area contributed by atoms with E-state index in [1.807, 2.05) is 19.9 Å². The lowest BCUT2D eigenvalue weighted by molar-refractivity contribution is 0.336. The molecule has 1 atom stereocenters. The summed E-state index contributed by atoms with van der Waals surface area (Å²) in [5.41, 5.74) is 0.800. The van der Waals surface area contributed by atoms with Gasteiger partial charge in [-0.05, 0) is 18.1 Å². The van der Waals surface area contributed by atoms with Gasteiger partial charge >= 0.3 is 0 Å². The molecule has 0 radical (unpaired) electrons. The number of anilines is 1. The molecular formula is C16H17ClN6O2. The topological polar surface area (TPSA) is 98.7 Å². The smallest absolute Gasteiger partial charge is 0.287 e. The van der Waals surface area contributed by atoms with Gasteiger partial charge in [0.25, 0.3) is 5.56 Å². The summed E-state index contributed by atoms with van der Waals surface area (Å²) in [4.78, 5) is 20.4. The monoisotopic (exact) mass is 360 g/mol. The van der Waals surface area contributed by atoms with Gasteiger partial charge in [-0.2, -0.15) is 10.1 Å². The Balaban J connectivity index is 1.92. The van der Waals surface area contributed by atoms with Crippen LogP contribution in [0.2, 0.25) is 5.02 Å². The van der Waals surface area contributed by atoms with E-state index in [1.54, 1.807) is 18.5 Å². The van der Waals surface area contributed by atoms with E-state index in [0.29, 0.717) is 17.4 Å². The molecule has 1 N–H and O–H groups in total. The number of hydrogen-bond acceptors (Lipinski definition) is 7. The number of nitrogens with zero attached hydrogens (tertiary/aromatic N) is 5. The van der Waals surface area contributed by atoms with Crippen LogP contribution in [-0.2, 0) is 7.05 Å². The quantitative estimate of drug-likeness (QED) is 0.746. The van der Waals surface area contributed by atoms with Crippen molar-refractivity contribution in [1.29, 1.82) is 0 Å². The lowest BCUT2D eigenvalue weighted by Gasteiger charge is -2.20. The second kappa shape index (κ2) is 7.02. The van der Waals surface area contributed by atoms with E-state index >= 15 is 0 Å². The van der Waals surface area contributed by atoms with Gasteiger partial charge in [0.05, 0.1) is 11.9 Å². The maximum Gasteiger partial charge on any atom is 0.287 e. The molecule has 0 spiro atoms. The van der Waals surface area contributed by atoms with Crippen LogP contribution in [0, 0.1) is 5.92 Å². The Morgan fingerprint density at radius 1 is 1.32 bits per heavy atom. The summed E-state index contributed by atoms with van der Waals surface area (Å²) < 4.78 is 6.58. The molecular weight excluding hydrogens is 344 g/mol. The molecule has 1 unspecified atom stereocenters. The van der Waals surface area contributed by atoms with E-state index < -0.39 is 0 Å². The first-order chi connectivity index (χ1) is 12.0. The normalized spacial score (nSPS) is 12.4. The Labute approximate surface area is 148 Å². The molecule has 0 saturated heterocycles. The number of pyridine rings is 1. The molecule has 0 aliphatic carbocycles. The van der Waals surface area contributed by atoms with Crippen molar-refractivity contribution in [2.24, 2.45) is 13.0 Å².